The van der Waals surface area contributed by atoms with Crippen molar-refractivity contribution in [3.8, 4) is 12.3 Å². The number of hydrogen-bond donors (Lipinski definition) is 1. The fourth-order valence-electron chi connectivity index (χ4n) is 1.30. The van der Waals surface area contributed by atoms with Gasteiger partial charge in [-0.05, 0) is 13.8 Å². The van der Waals surface area contributed by atoms with E-state index in [2.05, 4.69) is 12.5 Å². The number of urea groups is 1. The fourth-order valence-corrected chi connectivity index (χ4v) is 1.30. The van der Waals surface area contributed by atoms with E-state index >= 15 is 0 Å². The van der Waals surface area contributed by atoms with Crippen molar-refractivity contribution in [3.63, 3.8) is 0 Å². The van der Waals surface area contributed by atoms with E-state index in [9.17, 15) is 9.59 Å². The van der Waals surface area contributed by atoms with Gasteiger partial charge in [0.25, 0.3) is 0 Å². The Balaban J connectivity index is 4.83. The van der Waals surface area contributed by atoms with Crippen molar-refractivity contribution in [1.29, 1.82) is 0 Å². The Labute approximate surface area is 102 Å². The molecule has 0 radical (unpaired) electrons. The standard InChI is InChI=1S/C12H18N2O3/c1-5-7-13(9-11(15)16)12(17)14(8-6-2)10(3)4/h1,6,10H,2,7-9H2,3-4H3,(H,15,16). The highest BCUT2D eigenvalue weighted by molar-refractivity contribution is 5.80. The number of rotatable bonds is 6. The normalized spacial score (nSPS) is 9.53. The van der Waals surface area contributed by atoms with Gasteiger partial charge < -0.3 is 14.9 Å². The maximum Gasteiger partial charge on any atom is 0.323 e. The molecule has 0 rings (SSSR count). The van der Waals surface area contributed by atoms with Gasteiger partial charge in [0.2, 0.25) is 0 Å². The highest BCUT2D eigenvalue weighted by Crippen LogP contribution is 2.04. The Morgan fingerprint density at radius 2 is 2.12 bits per heavy atom. The molecule has 1 N–H and O–H groups in total. The van der Waals surface area contributed by atoms with Crippen LogP contribution in [0.15, 0.2) is 12.7 Å². The van der Waals surface area contributed by atoms with E-state index in [4.69, 9.17) is 11.5 Å². The van der Waals surface area contributed by atoms with E-state index in [1.54, 1.807) is 6.08 Å². The molecule has 0 aromatic heterocycles. The lowest BCUT2D eigenvalue weighted by Gasteiger charge is -2.30. The first-order chi connectivity index (χ1) is 7.93. The van der Waals surface area contributed by atoms with Crippen molar-refractivity contribution in [2.75, 3.05) is 19.6 Å². The van der Waals surface area contributed by atoms with Crippen LogP contribution >= 0.6 is 0 Å². The molecule has 0 atom stereocenters. The number of hydrogen-bond acceptors (Lipinski definition) is 2. The van der Waals surface area contributed by atoms with Crippen molar-refractivity contribution in [2.45, 2.75) is 19.9 Å². The van der Waals surface area contributed by atoms with E-state index in [-0.39, 0.29) is 18.6 Å². The van der Waals surface area contributed by atoms with Crippen LogP contribution in [0.1, 0.15) is 13.8 Å². The van der Waals surface area contributed by atoms with Crippen molar-refractivity contribution < 1.29 is 14.7 Å². The smallest absolute Gasteiger partial charge is 0.323 e. The maximum atomic E-state index is 12.0. The molecule has 0 aliphatic rings. The van der Waals surface area contributed by atoms with Gasteiger partial charge in [-0.25, -0.2) is 4.79 Å². The molecule has 0 heterocycles. The van der Waals surface area contributed by atoms with E-state index in [1.807, 2.05) is 13.8 Å². The molecule has 0 spiro atoms. The average molecular weight is 238 g/mol. The van der Waals surface area contributed by atoms with Gasteiger partial charge in [0.15, 0.2) is 0 Å². The minimum atomic E-state index is -1.09. The van der Waals surface area contributed by atoms with E-state index in [0.29, 0.717) is 6.54 Å². The van der Waals surface area contributed by atoms with E-state index in [0.717, 1.165) is 4.90 Å². The second-order valence-corrected chi connectivity index (χ2v) is 3.77. The van der Waals surface area contributed by atoms with Gasteiger partial charge in [0, 0.05) is 12.6 Å². The van der Waals surface area contributed by atoms with Crippen LogP contribution in [0.2, 0.25) is 0 Å². The Kier molecular flexibility index (Phi) is 6.49. The van der Waals surface area contributed by atoms with Crippen molar-refractivity contribution in [2.24, 2.45) is 0 Å². The zero-order valence-corrected chi connectivity index (χ0v) is 10.2. The monoisotopic (exact) mass is 238 g/mol. The van der Waals surface area contributed by atoms with Gasteiger partial charge >= 0.3 is 12.0 Å². The molecule has 2 amide bonds. The average Bonchev–Trinajstić information content (AvgIpc) is 2.23. The first-order valence-electron chi connectivity index (χ1n) is 5.25. The first-order valence-corrected chi connectivity index (χ1v) is 5.25. The number of carbonyl (C=O) groups is 2. The number of carboxylic acids is 1. The van der Waals surface area contributed by atoms with Crippen LogP contribution in [-0.2, 0) is 4.79 Å². The number of nitrogens with zero attached hydrogens (tertiary/aromatic N) is 2. The molecule has 5 heteroatoms. The highest BCUT2D eigenvalue weighted by Gasteiger charge is 2.23. The summed E-state index contributed by atoms with van der Waals surface area (Å²) in [5.74, 6) is 1.19. The first kappa shape index (κ1) is 15.0. The minimum Gasteiger partial charge on any atom is -0.480 e. The molecule has 0 aliphatic heterocycles. The van der Waals surface area contributed by atoms with Gasteiger partial charge in [-0.2, -0.15) is 0 Å². The molecule has 0 saturated heterocycles. The summed E-state index contributed by atoms with van der Waals surface area (Å²) < 4.78 is 0. The SMILES string of the molecule is C#CCN(CC(=O)O)C(=O)N(CC=C)C(C)C. The summed E-state index contributed by atoms with van der Waals surface area (Å²) in [6.45, 7) is 7.19. The molecule has 94 valence electrons. The quantitative estimate of drug-likeness (QED) is 0.555. The third-order valence-corrected chi connectivity index (χ3v) is 2.07. The van der Waals surface area contributed by atoms with Crippen LogP contribution in [0.3, 0.4) is 0 Å². The third-order valence-electron chi connectivity index (χ3n) is 2.07. The van der Waals surface area contributed by atoms with Crippen molar-refractivity contribution in [1.82, 2.24) is 9.80 Å². The van der Waals surface area contributed by atoms with Gasteiger partial charge in [0.1, 0.15) is 6.54 Å². The van der Waals surface area contributed by atoms with Crippen molar-refractivity contribution >= 4 is 12.0 Å². The molecular formula is C12H18N2O3. The summed E-state index contributed by atoms with van der Waals surface area (Å²) in [4.78, 5) is 25.3. The predicted molar refractivity (Wildman–Crippen MR) is 65.5 cm³/mol. The zero-order valence-electron chi connectivity index (χ0n) is 10.2. The van der Waals surface area contributed by atoms with Gasteiger partial charge in [-0.3, -0.25) is 4.79 Å². The summed E-state index contributed by atoms with van der Waals surface area (Å²) in [6, 6.07) is -0.435. The van der Waals surface area contributed by atoms with Gasteiger partial charge in [-0.1, -0.05) is 12.0 Å². The minimum absolute atomic E-state index is 0.0223. The zero-order chi connectivity index (χ0) is 13.4. The molecule has 0 unspecified atom stereocenters. The second kappa shape index (κ2) is 7.34. The van der Waals surface area contributed by atoms with Crippen molar-refractivity contribution in [3.05, 3.63) is 12.7 Å². The molecule has 0 aliphatic carbocycles. The maximum absolute atomic E-state index is 12.0. The molecular weight excluding hydrogens is 220 g/mol. The number of amides is 2. The molecule has 0 bridgehead atoms. The number of aliphatic carboxylic acids is 1. The molecule has 0 aromatic carbocycles. The topological polar surface area (TPSA) is 60.9 Å². The van der Waals surface area contributed by atoms with Crippen LogP contribution in [0.5, 0.6) is 0 Å². The summed E-state index contributed by atoms with van der Waals surface area (Å²) in [5.41, 5.74) is 0. The largest absolute Gasteiger partial charge is 0.480 e. The van der Waals surface area contributed by atoms with E-state index in [1.165, 1.54) is 4.90 Å². The summed E-state index contributed by atoms with van der Waals surface area (Å²) >= 11 is 0. The Morgan fingerprint density at radius 3 is 2.47 bits per heavy atom. The van der Waals surface area contributed by atoms with Gasteiger partial charge in [0.05, 0.1) is 6.54 Å². The summed E-state index contributed by atoms with van der Waals surface area (Å²) in [5, 5.41) is 8.71. The Morgan fingerprint density at radius 1 is 1.53 bits per heavy atom. The Hall–Kier alpha value is -1.96. The predicted octanol–water partition coefficient (Wildman–Crippen LogP) is 1.02. The molecule has 0 saturated carbocycles. The molecule has 0 aromatic rings. The van der Waals surface area contributed by atoms with E-state index < -0.39 is 12.5 Å². The van der Waals surface area contributed by atoms with Crippen LogP contribution in [-0.4, -0.2) is 52.6 Å². The van der Waals surface area contributed by atoms with Crippen LogP contribution in [0.4, 0.5) is 4.79 Å². The number of carbonyl (C=O) groups excluding carboxylic acids is 1. The van der Waals surface area contributed by atoms with Crippen LogP contribution in [0.25, 0.3) is 0 Å². The second-order valence-electron chi connectivity index (χ2n) is 3.77. The summed E-state index contributed by atoms with van der Waals surface area (Å²) in [6.07, 6.45) is 6.71. The molecule has 0 fully saturated rings. The van der Waals surface area contributed by atoms with Crippen LogP contribution < -0.4 is 0 Å². The van der Waals surface area contributed by atoms with Crippen LogP contribution in [0, 0.1) is 12.3 Å². The molecule has 5 nitrogen and oxygen atoms in total. The highest BCUT2D eigenvalue weighted by atomic mass is 16.4. The fraction of sp³-hybridized carbons (Fsp3) is 0.500. The summed E-state index contributed by atoms with van der Waals surface area (Å²) in [7, 11) is 0. The molecule has 17 heavy (non-hydrogen) atoms. The number of carboxylic acid groups (broad SMARTS) is 1. The van der Waals surface area contributed by atoms with Gasteiger partial charge in [-0.15, -0.1) is 13.0 Å². The third kappa shape index (κ3) is 5.07. The number of terminal acetylenes is 1. The lowest BCUT2D eigenvalue weighted by atomic mass is 10.3. The lowest BCUT2D eigenvalue weighted by Crippen LogP contribution is -2.48. The Bertz CT molecular complexity index is 331. The lowest BCUT2D eigenvalue weighted by molar-refractivity contribution is -0.137.